The number of hydrogen-bond donors (Lipinski definition) is 1. The molecule has 0 saturated carbocycles. The first-order valence-corrected chi connectivity index (χ1v) is 7.33. The Morgan fingerprint density at radius 3 is 2.60 bits per heavy atom. The number of hydrogen-bond acceptors (Lipinski definition) is 5. The van der Waals surface area contributed by atoms with Gasteiger partial charge >= 0.3 is 0 Å². The van der Waals surface area contributed by atoms with E-state index < -0.39 is 5.60 Å². The third-order valence-corrected chi connectivity index (χ3v) is 3.73. The van der Waals surface area contributed by atoms with Gasteiger partial charge in [-0.25, -0.2) is 4.98 Å². The summed E-state index contributed by atoms with van der Waals surface area (Å²) in [6.45, 7) is 5.98. The van der Waals surface area contributed by atoms with E-state index in [2.05, 4.69) is 4.98 Å². The van der Waals surface area contributed by atoms with Crippen LogP contribution in [-0.2, 0) is 5.60 Å². The first-order chi connectivity index (χ1) is 9.45. The van der Waals surface area contributed by atoms with Gasteiger partial charge in [-0.2, -0.15) is 0 Å². The third-order valence-electron chi connectivity index (χ3n) is 2.84. The lowest BCUT2D eigenvalue weighted by atomic mass is 10.1. The second-order valence-electron chi connectivity index (χ2n) is 4.90. The summed E-state index contributed by atoms with van der Waals surface area (Å²) in [7, 11) is 1.62. The third kappa shape index (κ3) is 3.11. The minimum atomic E-state index is -0.926. The van der Waals surface area contributed by atoms with E-state index >= 15 is 0 Å². The van der Waals surface area contributed by atoms with Crippen LogP contribution in [0, 0.1) is 0 Å². The van der Waals surface area contributed by atoms with Gasteiger partial charge < -0.3 is 14.6 Å². The molecule has 0 radical (unpaired) electrons. The minimum Gasteiger partial charge on any atom is -0.493 e. The van der Waals surface area contributed by atoms with Crippen molar-refractivity contribution in [3.05, 3.63) is 29.3 Å². The highest BCUT2D eigenvalue weighted by Crippen LogP contribution is 2.35. The molecule has 1 N–H and O–H groups in total. The molecule has 0 fully saturated rings. The van der Waals surface area contributed by atoms with Crippen molar-refractivity contribution in [1.29, 1.82) is 0 Å². The van der Waals surface area contributed by atoms with Crippen molar-refractivity contribution in [3.63, 3.8) is 0 Å². The van der Waals surface area contributed by atoms with E-state index in [1.807, 2.05) is 30.5 Å². The Hall–Kier alpha value is -1.59. The molecule has 1 aromatic heterocycles. The normalized spacial score (nSPS) is 11.4. The van der Waals surface area contributed by atoms with E-state index in [4.69, 9.17) is 9.47 Å². The zero-order valence-corrected chi connectivity index (χ0v) is 13.0. The van der Waals surface area contributed by atoms with Gasteiger partial charge in [0.25, 0.3) is 0 Å². The van der Waals surface area contributed by atoms with Gasteiger partial charge in [0, 0.05) is 10.9 Å². The molecule has 20 heavy (non-hydrogen) atoms. The summed E-state index contributed by atoms with van der Waals surface area (Å²) in [6.07, 6.45) is 0. The maximum absolute atomic E-state index is 9.96. The molecule has 1 aromatic carbocycles. The van der Waals surface area contributed by atoms with E-state index in [0.29, 0.717) is 18.1 Å². The Balaban J connectivity index is 2.36. The molecular formula is C15H19NO3S. The molecule has 0 spiro atoms. The molecule has 2 aromatic rings. The second-order valence-corrected chi connectivity index (χ2v) is 5.75. The van der Waals surface area contributed by atoms with Crippen LogP contribution in [0.4, 0.5) is 0 Å². The maximum Gasteiger partial charge on any atom is 0.161 e. The standard InChI is InChI=1S/C15H19NO3S/c1-5-19-11-7-6-10(8-12(11)18-4)14-16-13(9-20-14)15(2,3)17/h6-9,17H,5H2,1-4H3. The van der Waals surface area contributed by atoms with Gasteiger partial charge in [0.2, 0.25) is 0 Å². The number of thiazole rings is 1. The predicted octanol–water partition coefficient (Wildman–Crippen LogP) is 3.44. The molecule has 2 rings (SSSR count). The van der Waals surface area contributed by atoms with E-state index in [1.165, 1.54) is 11.3 Å². The quantitative estimate of drug-likeness (QED) is 0.917. The molecule has 0 unspecified atom stereocenters. The van der Waals surface area contributed by atoms with E-state index in [9.17, 15) is 5.11 Å². The average Bonchev–Trinajstić information content (AvgIpc) is 2.89. The van der Waals surface area contributed by atoms with Crippen LogP contribution in [0.15, 0.2) is 23.6 Å². The van der Waals surface area contributed by atoms with Crippen molar-refractivity contribution in [2.24, 2.45) is 0 Å². The Morgan fingerprint density at radius 2 is 2.05 bits per heavy atom. The predicted molar refractivity (Wildman–Crippen MR) is 80.5 cm³/mol. The molecule has 108 valence electrons. The van der Waals surface area contributed by atoms with Crippen LogP contribution in [0.1, 0.15) is 26.5 Å². The van der Waals surface area contributed by atoms with Gasteiger partial charge in [-0.1, -0.05) is 0 Å². The molecule has 0 aliphatic heterocycles. The second kappa shape index (κ2) is 5.81. The highest BCUT2D eigenvalue weighted by atomic mass is 32.1. The average molecular weight is 293 g/mol. The zero-order valence-electron chi connectivity index (χ0n) is 12.1. The molecule has 0 atom stereocenters. The maximum atomic E-state index is 9.96. The molecule has 0 bridgehead atoms. The Morgan fingerprint density at radius 1 is 1.30 bits per heavy atom. The zero-order chi connectivity index (χ0) is 14.8. The van der Waals surface area contributed by atoms with Gasteiger partial charge in [0.05, 0.1) is 19.4 Å². The SMILES string of the molecule is CCOc1ccc(-c2nc(C(C)(C)O)cs2)cc1OC. The molecule has 4 nitrogen and oxygen atoms in total. The molecule has 0 aliphatic rings. The first kappa shape index (κ1) is 14.8. The summed E-state index contributed by atoms with van der Waals surface area (Å²) >= 11 is 1.50. The summed E-state index contributed by atoms with van der Waals surface area (Å²) in [5, 5.41) is 12.7. The molecular weight excluding hydrogens is 274 g/mol. The molecule has 0 aliphatic carbocycles. The van der Waals surface area contributed by atoms with Crippen molar-refractivity contribution in [2.75, 3.05) is 13.7 Å². The van der Waals surface area contributed by atoms with Crippen molar-refractivity contribution in [1.82, 2.24) is 4.98 Å². The van der Waals surface area contributed by atoms with Crippen molar-refractivity contribution in [3.8, 4) is 22.1 Å². The van der Waals surface area contributed by atoms with E-state index in [0.717, 1.165) is 16.3 Å². The van der Waals surface area contributed by atoms with E-state index in [-0.39, 0.29) is 0 Å². The summed E-state index contributed by atoms with van der Waals surface area (Å²) in [4.78, 5) is 4.47. The number of aromatic nitrogens is 1. The summed E-state index contributed by atoms with van der Waals surface area (Å²) < 4.78 is 10.8. The van der Waals surface area contributed by atoms with Crippen molar-refractivity contribution >= 4 is 11.3 Å². The molecule has 1 heterocycles. The number of rotatable bonds is 5. The van der Waals surface area contributed by atoms with Crippen LogP contribution >= 0.6 is 11.3 Å². The van der Waals surface area contributed by atoms with Crippen LogP contribution in [0.25, 0.3) is 10.6 Å². The number of ether oxygens (including phenoxy) is 2. The number of aliphatic hydroxyl groups is 1. The molecule has 5 heteroatoms. The van der Waals surface area contributed by atoms with Crippen LogP contribution in [0.5, 0.6) is 11.5 Å². The lowest BCUT2D eigenvalue weighted by Crippen LogP contribution is -2.15. The fourth-order valence-electron chi connectivity index (χ4n) is 1.76. The lowest BCUT2D eigenvalue weighted by molar-refractivity contribution is 0.0746. The smallest absolute Gasteiger partial charge is 0.161 e. The van der Waals surface area contributed by atoms with Crippen molar-refractivity contribution in [2.45, 2.75) is 26.4 Å². The van der Waals surface area contributed by atoms with Gasteiger partial charge in [0.1, 0.15) is 10.6 Å². The first-order valence-electron chi connectivity index (χ1n) is 6.45. The van der Waals surface area contributed by atoms with Crippen LogP contribution in [0.3, 0.4) is 0 Å². The number of benzene rings is 1. The fraction of sp³-hybridized carbons (Fsp3) is 0.400. The number of nitrogens with zero attached hydrogens (tertiary/aromatic N) is 1. The Kier molecular flexibility index (Phi) is 4.30. The highest BCUT2D eigenvalue weighted by Gasteiger charge is 2.20. The van der Waals surface area contributed by atoms with E-state index in [1.54, 1.807) is 21.0 Å². The Labute approximate surface area is 123 Å². The fourth-order valence-corrected chi connectivity index (χ4v) is 2.74. The topological polar surface area (TPSA) is 51.6 Å². The molecule has 0 amide bonds. The van der Waals surface area contributed by atoms with Crippen LogP contribution in [0.2, 0.25) is 0 Å². The van der Waals surface area contributed by atoms with Gasteiger partial charge in [-0.3, -0.25) is 0 Å². The van der Waals surface area contributed by atoms with Crippen molar-refractivity contribution < 1.29 is 14.6 Å². The van der Waals surface area contributed by atoms with Crippen LogP contribution < -0.4 is 9.47 Å². The minimum absolute atomic E-state index is 0.593. The monoisotopic (exact) mass is 293 g/mol. The highest BCUT2D eigenvalue weighted by molar-refractivity contribution is 7.13. The largest absolute Gasteiger partial charge is 0.493 e. The summed E-state index contributed by atoms with van der Waals surface area (Å²) in [5.74, 6) is 1.40. The van der Waals surface area contributed by atoms with Gasteiger partial charge in [-0.05, 0) is 39.0 Å². The Bertz CT molecular complexity index is 587. The lowest BCUT2D eigenvalue weighted by Gasteiger charge is -2.13. The summed E-state index contributed by atoms with van der Waals surface area (Å²) in [6, 6.07) is 5.72. The van der Waals surface area contributed by atoms with Gasteiger partial charge in [-0.15, -0.1) is 11.3 Å². The van der Waals surface area contributed by atoms with Crippen LogP contribution in [-0.4, -0.2) is 23.8 Å². The molecule has 0 saturated heterocycles. The van der Waals surface area contributed by atoms with Gasteiger partial charge in [0.15, 0.2) is 11.5 Å². The summed E-state index contributed by atoms with van der Waals surface area (Å²) in [5.41, 5.74) is 0.695. The number of methoxy groups -OCH3 is 1.